The van der Waals surface area contributed by atoms with E-state index in [2.05, 4.69) is 4.98 Å². The van der Waals surface area contributed by atoms with E-state index in [1.165, 1.54) is 0 Å². The summed E-state index contributed by atoms with van der Waals surface area (Å²) in [5, 5.41) is 10.8. The standard InChI is InChI=1S/C15H12N2O2S/c1-10-4-2-6-13-16-15(12-5-3-9-20-12)11(17(10)13)7-8-14(18)19/h2-9H,1H3,(H,18,19)/b8-7+. The van der Waals surface area contributed by atoms with Gasteiger partial charge in [0, 0.05) is 11.8 Å². The zero-order valence-electron chi connectivity index (χ0n) is 10.8. The average molecular weight is 284 g/mol. The molecule has 0 aromatic carbocycles. The summed E-state index contributed by atoms with van der Waals surface area (Å²) in [6, 6.07) is 9.79. The summed E-state index contributed by atoms with van der Waals surface area (Å²) in [5.41, 5.74) is 3.44. The molecule has 0 bridgehead atoms. The average Bonchev–Trinajstić information content (AvgIpc) is 3.03. The molecule has 100 valence electrons. The second-order valence-electron chi connectivity index (χ2n) is 4.36. The summed E-state index contributed by atoms with van der Waals surface area (Å²) in [4.78, 5) is 16.4. The number of fused-ring (bicyclic) bond motifs is 1. The van der Waals surface area contributed by atoms with Crippen molar-refractivity contribution in [1.82, 2.24) is 9.38 Å². The molecule has 1 N–H and O–H groups in total. The van der Waals surface area contributed by atoms with Crippen molar-refractivity contribution in [2.45, 2.75) is 6.92 Å². The Morgan fingerprint density at radius 3 is 2.90 bits per heavy atom. The predicted octanol–water partition coefficient (Wildman–Crippen LogP) is 3.47. The minimum atomic E-state index is -0.967. The van der Waals surface area contributed by atoms with Crippen LogP contribution in [0.15, 0.2) is 41.8 Å². The third-order valence-electron chi connectivity index (χ3n) is 3.01. The first-order chi connectivity index (χ1) is 9.66. The highest BCUT2D eigenvalue weighted by molar-refractivity contribution is 7.13. The molecule has 4 nitrogen and oxygen atoms in total. The van der Waals surface area contributed by atoms with E-state index in [0.717, 1.165) is 33.7 Å². The summed E-state index contributed by atoms with van der Waals surface area (Å²) >= 11 is 1.59. The topological polar surface area (TPSA) is 54.6 Å². The fraction of sp³-hybridized carbons (Fsp3) is 0.0667. The van der Waals surface area contributed by atoms with Crippen LogP contribution in [-0.2, 0) is 4.79 Å². The SMILES string of the molecule is Cc1cccc2nc(-c3cccs3)c(/C=C/C(=O)O)n12. The third-order valence-corrected chi connectivity index (χ3v) is 3.89. The van der Waals surface area contributed by atoms with E-state index in [0.29, 0.717) is 0 Å². The lowest BCUT2D eigenvalue weighted by molar-refractivity contribution is -0.131. The summed E-state index contributed by atoms with van der Waals surface area (Å²) in [6.07, 6.45) is 2.75. The van der Waals surface area contributed by atoms with Gasteiger partial charge in [0.05, 0.1) is 10.6 Å². The van der Waals surface area contributed by atoms with Crippen LogP contribution in [0.2, 0.25) is 0 Å². The van der Waals surface area contributed by atoms with Crippen LogP contribution >= 0.6 is 11.3 Å². The number of rotatable bonds is 3. The fourth-order valence-corrected chi connectivity index (χ4v) is 2.90. The molecule has 0 fully saturated rings. The molecular weight excluding hydrogens is 272 g/mol. The number of hydrogen-bond acceptors (Lipinski definition) is 3. The minimum Gasteiger partial charge on any atom is -0.478 e. The zero-order chi connectivity index (χ0) is 14.1. The van der Waals surface area contributed by atoms with E-state index < -0.39 is 5.97 Å². The molecule has 0 aliphatic heterocycles. The maximum Gasteiger partial charge on any atom is 0.328 e. The van der Waals surface area contributed by atoms with Gasteiger partial charge in [-0.05, 0) is 36.6 Å². The van der Waals surface area contributed by atoms with Gasteiger partial charge in [0.1, 0.15) is 11.3 Å². The van der Waals surface area contributed by atoms with Gasteiger partial charge in [-0.2, -0.15) is 0 Å². The number of nitrogens with zero attached hydrogens (tertiary/aromatic N) is 2. The molecule has 0 amide bonds. The van der Waals surface area contributed by atoms with Crippen LogP contribution < -0.4 is 0 Å². The zero-order valence-corrected chi connectivity index (χ0v) is 11.6. The summed E-state index contributed by atoms with van der Waals surface area (Å²) in [5.74, 6) is -0.967. The second kappa shape index (κ2) is 4.94. The van der Waals surface area contributed by atoms with Gasteiger partial charge in [0.15, 0.2) is 0 Å². The molecule has 0 radical (unpaired) electrons. The van der Waals surface area contributed by atoms with E-state index in [1.54, 1.807) is 17.4 Å². The molecule has 0 unspecified atom stereocenters. The number of aryl methyl sites for hydroxylation is 1. The molecule has 0 aliphatic rings. The Balaban J connectivity index is 2.31. The monoisotopic (exact) mass is 284 g/mol. The summed E-state index contributed by atoms with van der Waals surface area (Å²) in [7, 11) is 0. The van der Waals surface area contributed by atoms with Crippen LogP contribution in [0.3, 0.4) is 0 Å². The van der Waals surface area contributed by atoms with E-state index in [-0.39, 0.29) is 0 Å². The highest BCUT2D eigenvalue weighted by atomic mass is 32.1. The molecule has 5 heteroatoms. The number of carbonyl (C=O) groups is 1. The Bertz CT molecular complexity index is 801. The molecule has 0 spiro atoms. The van der Waals surface area contributed by atoms with Crippen LogP contribution in [0.5, 0.6) is 0 Å². The quantitative estimate of drug-likeness (QED) is 0.749. The van der Waals surface area contributed by atoms with E-state index >= 15 is 0 Å². The van der Waals surface area contributed by atoms with Crippen molar-refractivity contribution in [3.8, 4) is 10.6 Å². The molecule has 3 rings (SSSR count). The smallest absolute Gasteiger partial charge is 0.328 e. The Morgan fingerprint density at radius 2 is 2.20 bits per heavy atom. The highest BCUT2D eigenvalue weighted by Crippen LogP contribution is 2.29. The Morgan fingerprint density at radius 1 is 1.35 bits per heavy atom. The number of carboxylic acids is 1. The number of pyridine rings is 1. The van der Waals surface area contributed by atoms with Gasteiger partial charge in [0.25, 0.3) is 0 Å². The minimum absolute atomic E-state index is 0.794. The summed E-state index contributed by atoms with van der Waals surface area (Å²) in [6.45, 7) is 1.98. The molecule has 3 heterocycles. The lowest BCUT2D eigenvalue weighted by atomic mass is 10.2. The van der Waals surface area contributed by atoms with E-state index in [9.17, 15) is 4.79 Å². The maximum atomic E-state index is 10.8. The van der Waals surface area contributed by atoms with Crippen molar-refractivity contribution in [3.63, 3.8) is 0 Å². The third kappa shape index (κ3) is 2.12. The molecule has 20 heavy (non-hydrogen) atoms. The van der Waals surface area contributed by atoms with Gasteiger partial charge >= 0.3 is 5.97 Å². The number of aromatic nitrogens is 2. The van der Waals surface area contributed by atoms with Crippen LogP contribution in [0.1, 0.15) is 11.4 Å². The number of aliphatic carboxylic acids is 1. The predicted molar refractivity (Wildman–Crippen MR) is 79.9 cm³/mol. The van der Waals surface area contributed by atoms with Crippen LogP contribution in [-0.4, -0.2) is 20.5 Å². The Kier molecular flexibility index (Phi) is 3.12. The first-order valence-corrected chi connectivity index (χ1v) is 6.98. The van der Waals surface area contributed by atoms with Crippen molar-refractivity contribution in [2.24, 2.45) is 0 Å². The van der Waals surface area contributed by atoms with E-state index in [1.807, 2.05) is 47.0 Å². The van der Waals surface area contributed by atoms with Crippen molar-refractivity contribution in [1.29, 1.82) is 0 Å². The molecule has 0 aliphatic carbocycles. The molecule has 3 aromatic rings. The highest BCUT2D eigenvalue weighted by Gasteiger charge is 2.14. The Labute approximate surface area is 119 Å². The van der Waals surface area contributed by atoms with Crippen LogP contribution in [0, 0.1) is 6.92 Å². The number of thiophene rings is 1. The second-order valence-corrected chi connectivity index (χ2v) is 5.30. The Hall–Kier alpha value is -2.40. The fourth-order valence-electron chi connectivity index (χ4n) is 2.18. The van der Waals surface area contributed by atoms with Gasteiger partial charge < -0.3 is 5.11 Å². The van der Waals surface area contributed by atoms with Gasteiger partial charge in [0.2, 0.25) is 0 Å². The molecule has 0 saturated carbocycles. The number of hydrogen-bond donors (Lipinski definition) is 1. The van der Waals surface area contributed by atoms with Crippen molar-refractivity contribution in [3.05, 3.63) is 53.2 Å². The molecule has 0 atom stereocenters. The molecule has 3 aromatic heterocycles. The van der Waals surface area contributed by atoms with Gasteiger partial charge in [-0.15, -0.1) is 11.3 Å². The van der Waals surface area contributed by atoms with Crippen molar-refractivity contribution in [2.75, 3.05) is 0 Å². The number of carboxylic acid groups (broad SMARTS) is 1. The van der Waals surface area contributed by atoms with Crippen LogP contribution in [0.4, 0.5) is 0 Å². The lowest BCUT2D eigenvalue weighted by Crippen LogP contribution is -1.94. The summed E-state index contributed by atoms with van der Waals surface area (Å²) < 4.78 is 1.97. The molecular formula is C15H12N2O2S. The van der Waals surface area contributed by atoms with Gasteiger partial charge in [-0.25, -0.2) is 9.78 Å². The molecule has 0 saturated heterocycles. The first-order valence-electron chi connectivity index (χ1n) is 6.10. The van der Waals surface area contributed by atoms with Crippen molar-refractivity contribution >= 4 is 29.0 Å². The maximum absolute atomic E-state index is 10.8. The lowest BCUT2D eigenvalue weighted by Gasteiger charge is -2.02. The largest absolute Gasteiger partial charge is 0.478 e. The normalized spacial score (nSPS) is 11.4. The number of imidazole rings is 1. The van der Waals surface area contributed by atoms with Gasteiger partial charge in [-0.3, -0.25) is 4.40 Å². The van der Waals surface area contributed by atoms with Crippen LogP contribution in [0.25, 0.3) is 22.3 Å². The van der Waals surface area contributed by atoms with E-state index in [4.69, 9.17) is 5.11 Å². The first kappa shape index (κ1) is 12.6. The van der Waals surface area contributed by atoms with Gasteiger partial charge in [-0.1, -0.05) is 12.1 Å². The van der Waals surface area contributed by atoms with Crippen molar-refractivity contribution < 1.29 is 9.90 Å².